The van der Waals surface area contributed by atoms with Gasteiger partial charge < -0.3 is 9.84 Å². The highest BCUT2D eigenvalue weighted by Gasteiger charge is 2.26. The fourth-order valence-corrected chi connectivity index (χ4v) is 0.385. The highest BCUT2D eigenvalue weighted by atomic mass is 35.5. The second kappa shape index (κ2) is 2.87. The predicted molar refractivity (Wildman–Crippen MR) is 33.1 cm³/mol. The first-order valence-electron chi connectivity index (χ1n) is 2.07. The van der Waals surface area contributed by atoms with Crippen LogP contribution in [0.4, 0.5) is 0 Å². The van der Waals surface area contributed by atoms with Crippen LogP contribution in [0.5, 0.6) is 0 Å². The summed E-state index contributed by atoms with van der Waals surface area (Å²) >= 11 is 10.7. The van der Waals surface area contributed by atoms with Crippen molar-refractivity contribution in [1.82, 2.24) is 0 Å². The van der Waals surface area contributed by atoms with Crippen LogP contribution in [0.25, 0.3) is 0 Å². The molecule has 1 unspecified atom stereocenters. The molecule has 0 saturated heterocycles. The van der Waals surface area contributed by atoms with Crippen molar-refractivity contribution in [3.05, 3.63) is 0 Å². The first-order valence-corrected chi connectivity index (χ1v) is 2.82. The molecular formula is C4H8Cl2O2. The molecule has 0 amide bonds. The summed E-state index contributed by atoms with van der Waals surface area (Å²) in [5.41, 5.74) is 0. The van der Waals surface area contributed by atoms with E-state index in [4.69, 9.17) is 28.3 Å². The zero-order valence-electron chi connectivity index (χ0n) is 4.69. The van der Waals surface area contributed by atoms with E-state index >= 15 is 0 Å². The highest BCUT2D eigenvalue weighted by Crippen LogP contribution is 2.24. The Morgan fingerprint density at radius 2 is 2.00 bits per heavy atom. The lowest BCUT2D eigenvalue weighted by atomic mass is 10.4. The quantitative estimate of drug-likeness (QED) is 0.483. The molecule has 0 aliphatic heterocycles. The van der Waals surface area contributed by atoms with Gasteiger partial charge in [0.05, 0.1) is 0 Å². The summed E-state index contributed by atoms with van der Waals surface area (Å²) < 4.78 is 3.19. The number of halogens is 2. The van der Waals surface area contributed by atoms with Crippen LogP contribution in [-0.2, 0) is 4.74 Å². The Balaban J connectivity index is 3.62. The first-order chi connectivity index (χ1) is 3.48. The Labute approximate surface area is 58.3 Å². The van der Waals surface area contributed by atoms with Gasteiger partial charge in [0, 0.05) is 7.11 Å². The van der Waals surface area contributed by atoms with Gasteiger partial charge in [-0.1, -0.05) is 23.2 Å². The Hall–Kier alpha value is 0.500. The number of aliphatic hydroxyl groups excluding tert-OH is 1. The summed E-state index contributed by atoms with van der Waals surface area (Å²) in [6, 6.07) is 0. The van der Waals surface area contributed by atoms with E-state index in [0.29, 0.717) is 0 Å². The average Bonchev–Trinajstić information content (AvgIpc) is 1.62. The summed E-state index contributed by atoms with van der Waals surface area (Å²) in [5, 5.41) is 8.71. The number of hydrogen-bond acceptors (Lipinski definition) is 2. The molecular weight excluding hydrogens is 151 g/mol. The fraction of sp³-hybridized carbons (Fsp3) is 1.00. The molecule has 0 aliphatic carbocycles. The largest absolute Gasteiger partial charge is 0.366 e. The van der Waals surface area contributed by atoms with Crippen molar-refractivity contribution in [1.29, 1.82) is 0 Å². The molecule has 2 nitrogen and oxygen atoms in total. The van der Waals surface area contributed by atoms with Crippen molar-refractivity contribution < 1.29 is 9.84 Å². The molecule has 0 aromatic heterocycles. The fourth-order valence-electron chi connectivity index (χ4n) is 0.207. The van der Waals surface area contributed by atoms with Crippen LogP contribution >= 0.6 is 23.2 Å². The van der Waals surface area contributed by atoms with E-state index in [0.717, 1.165) is 0 Å². The van der Waals surface area contributed by atoms with E-state index in [9.17, 15) is 0 Å². The topological polar surface area (TPSA) is 29.5 Å². The Bertz CT molecular complexity index is 68.9. The summed E-state index contributed by atoms with van der Waals surface area (Å²) in [4.78, 5) is 0. The van der Waals surface area contributed by atoms with Gasteiger partial charge in [0.25, 0.3) is 0 Å². The summed E-state index contributed by atoms with van der Waals surface area (Å²) in [6.45, 7) is 1.45. The molecule has 0 spiro atoms. The lowest BCUT2D eigenvalue weighted by Gasteiger charge is -2.18. The molecule has 0 fully saturated rings. The van der Waals surface area contributed by atoms with Crippen LogP contribution in [0, 0.1) is 0 Å². The number of ether oxygens (including phenoxy) is 1. The van der Waals surface area contributed by atoms with Gasteiger partial charge >= 0.3 is 0 Å². The molecule has 8 heavy (non-hydrogen) atoms. The number of aliphatic hydroxyl groups is 1. The maximum atomic E-state index is 8.71. The molecule has 0 radical (unpaired) electrons. The van der Waals surface area contributed by atoms with Gasteiger partial charge in [-0.05, 0) is 6.92 Å². The predicted octanol–water partition coefficient (Wildman–Crippen LogP) is 1.14. The standard InChI is InChI=1S/C4H8Cl2O2/c1-4(5,6)3(7)8-2/h3,7H,1-2H3. The smallest absolute Gasteiger partial charge is 0.187 e. The Morgan fingerprint density at radius 3 is 2.00 bits per heavy atom. The second-order valence-electron chi connectivity index (χ2n) is 1.54. The normalized spacial score (nSPS) is 16.1. The Kier molecular flexibility index (Phi) is 3.05. The highest BCUT2D eigenvalue weighted by molar-refractivity contribution is 6.48. The molecule has 1 N–H and O–H groups in total. The van der Waals surface area contributed by atoms with E-state index < -0.39 is 10.6 Å². The van der Waals surface area contributed by atoms with Crippen LogP contribution in [0.1, 0.15) is 6.92 Å². The van der Waals surface area contributed by atoms with Gasteiger partial charge in [-0.2, -0.15) is 0 Å². The van der Waals surface area contributed by atoms with E-state index in [-0.39, 0.29) is 0 Å². The van der Waals surface area contributed by atoms with E-state index in [1.54, 1.807) is 0 Å². The third-order valence-corrected chi connectivity index (χ3v) is 1.03. The van der Waals surface area contributed by atoms with Crippen molar-refractivity contribution in [2.75, 3.05) is 7.11 Å². The Morgan fingerprint density at radius 1 is 1.62 bits per heavy atom. The minimum atomic E-state index is -1.21. The molecule has 0 heterocycles. The van der Waals surface area contributed by atoms with Gasteiger partial charge in [0.1, 0.15) is 0 Å². The molecule has 50 valence electrons. The SMILES string of the molecule is COC(O)C(C)(Cl)Cl. The number of alkyl halides is 2. The van der Waals surface area contributed by atoms with Crippen molar-refractivity contribution in [2.24, 2.45) is 0 Å². The van der Waals surface area contributed by atoms with Gasteiger partial charge in [0.2, 0.25) is 0 Å². The van der Waals surface area contributed by atoms with Crippen LogP contribution in [0.15, 0.2) is 0 Å². The van der Waals surface area contributed by atoms with Crippen molar-refractivity contribution in [3.63, 3.8) is 0 Å². The molecule has 0 rings (SSSR count). The molecule has 0 aromatic rings. The molecule has 4 heteroatoms. The monoisotopic (exact) mass is 158 g/mol. The average molecular weight is 159 g/mol. The van der Waals surface area contributed by atoms with Crippen LogP contribution in [0.3, 0.4) is 0 Å². The van der Waals surface area contributed by atoms with E-state index in [1.807, 2.05) is 0 Å². The molecule has 0 aliphatic rings. The molecule has 0 saturated carbocycles. The molecule has 0 aromatic carbocycles. The van der Waals surface area contributed by atoms with Crippen LogP contribution < -0.4 is 0 Å². The summed E-state index contributed by atoms with van der Waals surface area (Å²) in [5.74, 6) is 0. The summed E-state index contributed by atoms with van der Waals surface area (Å²) in [7, 11) is 1.33. The minimum Gasteiger partial charge on any atom is -0.366 e. The van der Waals surface area contributed by atoms with Crippen molar-refractivity contribution in [2.45, 2.75) is 17.5 Å². The van der Waals surface area contributed by atoms with Gasteiger partial charge in [-0.3, -0.25) is 0 Å². The number of rotatable bonds is 2. The first kappa shape index (κ1) is 8.50. The van der Waals surface area contributed by atoms with E-state index in [1.165, 1.54) is 14.0 Å². The lowest BCUT2D eigenvalue weighted by molar-refractivity contribution is -0.0805. The minimum absolute atomic E-state index is 1.12. The summed E-state index contributed by atoms with van der Waals surface area (Å²) in [6.07, 6.45) is -1.12. The lowest BCUT2D eigenvalue weighted by Crippen LogP contribution is -2.28. The zero-order valence-corrected chi connectivity index (χ0v) is 6.20. The van der Waals surface area contributed by atoms with Crippen molar-refractivity contribution >= 4 is 23.2 Å². The van der Waals surface area contributed by atoms with E-state index in [2.05, 4.69) is 4.74 Å². The van der Waals surface area contributed by atoms with Gasteiger partial charge in [-0.25, -0.2) is 0 Å². The van der Waals surface area contributed by atoms with Crippen LogP contribution in [-0.4, -0.2) is 22.8 Å². The third-order valence-electron chi connectivity index (χ3n) is 0.657. The number of methoxy groups -OCH3 is 1. The van der Waals surface area contributed by atoms with Gasteiger partial charge in [0.15, 0.2) is 10.6 Å². The maximum Gasteiger partial charge on any atom is 0.187 e. The molecule has 0 bridgehead atoms. The maximum absolute atomic E-state index is 8.71. The van der Waals surface area contributed by atoms with Crippen molar-refractivity contribution in [3.8, 4) is 0 Å². The van der Waals surface area contributed by atoms with Crippen LogP contribution in [0.2, 0.25) is 0 Å². The molecule has 1 atom stereocenters. The third kappa shape index (κ3) is 2.72. The number of hydrogen-bond donors (Lipinski definition) is 1. The van der Waals surface area contributed by atoms with Gasteiger partial charge in [-0.15, -0.1) is 0 Å². The second-order valence-corrected chi connectivity index (χ2v) is 3.31. The zero-order chi connectivity index (χ0) is 6.78.